The maximum Gasteiger partial charge on any atom is 0.418 e. The molecule has 4 rings (SSSR count). The Bertz CT molecular complexity index is 1660. The van der Waals surface area contributed by atoms with Crippen LogP contribution in [0.25, 0.3) is 28.2 Å². The molecule has 0 aliphatic carbocycles. The van der Waals surface area contributed by atoms with Crippen molar-refractivity contribution >= 4 is 46.2 Å². The number of carbonyl (C=O) groups excluding carboxylic acids is 1. The molecule has 4 aromatic rings. The minimum Gasteiger partial charge on any atom is -0.478 e. The third-order valence-corrected chi connectivity index (χ3v) is 6.13. The van der Waals surface area contributed by atoms with Gasteiger partial charge in [-0.2, -0.15) is 13.2 Å². The molecule has 0 aliphatic heterocycles. The lowest BCUT2D eigenvalue weighted by molar-refractivity contribution is -0.137. The maximum atomic E-state index is 13.4. The SMILES string of the molecule is Cc1cc2c(-c3cccc(C=CC(=O)O)c3)c(CC(=O)Nc3ccccc3C(F)(F)F)c(=O)oc2cc1Cl. The number of carbonyl (C=O) groups is 2. The Morgan fingerprint density at radius 1 is 1.08 bits per heavy atom. The summed E-state index contributed by atoms with van der Waals surface area (Å²) in [5.41, 5.74) is -0.312. The first-order valence-electron chi connectivity index (χ1n) is 11.2. The smallest absolute Gasteiger partial charge is 0.418 e. The van der Waals surface area contributed by atoms with Crippen molar-refractivity contribution in [1.82, 2.24) is 0 Å². The van der Waals surface area contributed by atoms with E-state index < -0.39 is 41.4 Å². The van der Waals surface area contributed by atoms with E-state index in [1.54, 1.807) is 37.3 Å². The fourth-order valence-electron chi connectivity index (χ4n) is 4.02. The molecule has 2 N–H and O–H groups in total. The van der Waals surface area contributed by atoms with Crippen LogP contribution in [0.3, 0.4) is 0 Å². The minimum atomic E-state index is -4.70. The highest BCUT2D eigenvalue weighted by Crippen LogP contribution is 2.36. The van der Waals surface area contributed by atoms with Crippen LogP contribution >= 0.6 is 11.6 Å². The summed E-state index contributed by atoms with van der Waals surface area (Å²) in [5, 5.41) is 12.0. The van der Waals surface area contributed by atoms with E-state index >= 15 is 0 Å². The van der Waals surface area contributed by atoms with Gasteiger partial charge in [-0.15, -0.1) is 0 Å². The normalized spacial score (nSPS) is 11.7. The first kappa shape index (κ1) is 26.7. The highest BCUT2D eigenvalue weighted by atomic mass is 35.5. The monoisotopic (exact) mass is 541 g/mol. The number of benzene rings is 3. The Labute approximate surface area is 219 Å². The molecule has 1 heterocycles. The van der Waals surface area contributed by atoms with Gasteiger partial charge in [-0.1, -0.05) is 41.9 Å². The molecule has 0 atom stereocenters. The summed E-state index contributed by atoms with van der Waals surface area (Å²) in [5.74, 6) is -2.01. The summed E-state index contributed by atoms with van der Waals surface area (Å²) >= 11 is 6.22. The van der Waals surface area contributed by atoms with E-state index in [2.05, 4.69) is 5.32 Å². The van der Waals surface area contributed by atoms with Gasteiger partial charge in [0.1, 0.15) is 5.58 Å². The molecule has 0 fully saturated rings. The molecule has 0 unspecified atom stereocenters. The van der Waals surface area contributed by atoms with Crippen molar-refractivity contribution in [3.63, 3.8) is 0 Å². The van der Waals surface area contributed by atoms with Crippen LogP contribution in [0.1, 0.15) is 22.3 Å². The number of rotatable bonds is 6. The third-order valence-electron chi connectivity index (χ3n) is 5.72. The van der Waals surface area contributed by atoms with Gasteiger partial charge in [-0.3, -0.25) is 4.79 Å². The molecule has 1 aromatic heterocycles. The molecule has 194 valence electrons. The average molecular weight is 542 g/mol. The lowest BCUT2D eigenvalue weighted by Crippen LogP contribution is -2.22. The van der Waals surface area contributed by atoms with Crippen LogP contribution in [-0.2, 0) is 22.2 Å². The predicted molar refractivity (Wildman–Crippen MR) is 138 cm³/mol. The van der Waals surface area contributed by atoms with Crippen LogP contribution in [0.4, 0.5) is 18.9 Å². The second-order valence-corrected chi connectivity index (χ2v) is 8.81. The van der Waals surface area contributed by atoms with E-state index in [-0.39, 0.29) is 11.1 Å². The number of amides is 1. The van der Waals surface area contributed by atoms with Gasteiger partial charge in [-0.05, 0) is 54.0 Å². The van der Waals surface area contributed by atoms with Gasteiger partial charge in [0.05, 0.1) is 23.2 Å². The molecule has 3 aromatic carbocycles. The fraction of sp³-hybridized carbons (Fsp3) is 0.107. The van der Waals surface area contributed by atoms with E-state index in [0.29, 0.717) is 32.7 Å². The Kier molecular flexibility index (Phi) is 7.41. The van der Waals surface area contributed by atoms with E-state index in [4.69, 9.17) is 21.1 Å². The Morgan fingerprint density at radius 3 is 2.53 bits per heavy atom. The van der Waals surface area contributed by atoms with Crippen LogP contribution in [0.5, 0.6) is 0 Å². The van der Waals surface area contributed by atoms with E-state index in [1.807, 2.05) is 0 Å². The third kappa shape index (κ3) is 5.78. The maximum absolute atomic E-state index is 13.4. The Hall–Kier alpha value is -4.37. The quantitative estimate of drug-likeness (QED) is 0.209. The lowest BCUT2D eigenvalue weighted by atomic mass is 9.93. The highest BCUT2D eigenvalue weighted by Gasteiger charge is 2.33. The number of hydrogen-bond donors (Lipinski definition) is 2. The van der Waals surface area contributed by atoms with Gasteiger partial charge >= 0.3 is 17.8 Å². The number of aliphatic carboxylic acids is 1. The van der Waals surface area contributed by atoms with Gasteiger partial charge in [0.2, 0.25) is 5.91 Å². The van der Waals surface area contributed by atoms with Crippen molar-refractivity contribution in [2.24, 2.45) is 0 Å². The van der Waals surface area contributed by atoms with Gasteiger partial charge in [0.15, 0.2) is 0 Å². The van der Waals surface area contributed by atoms with Gasteiger partial charge < -0.3 is 14.8 Å². The van der Waals surface area contributed by atoms with Crippen LogP contribution in [-0.4, -0.2) is 17.0 Å². The number of carboxylic acid groups (broad SMARTS) is 1. The standard InChI is InChI=1S/C28H19ClF3NO5/c1-15-11-18-23(14-21(15)29)38-27(37)19(26(18)17-6-4-5-16(12-17)9-10-25(35)36)13-24(34)33-22-8-3-2-7-20(22)28(30,31)32/h2-12,14H,13H2,1H3,(H,33,34)(H,35,36). The molecular formula is C28H19ClF3NO5. The zero-order valence-electron chi connectivity index (χ0n) is 19.7. The van der Waals surface area contributed by atoms with Crippen molar-refractivity contribution in [2.45, 2.75) is 19.5 Å². The van der Waals surface area contributed by atoms with Gasteiger partial charge in [-0.25, -0.2) is 9.59 Å². The van der Waals surface area contributed by atoms with Crippen LogP contribution in [0.15, 0.2) is 76.0 Å². The molecule has 38 heavy (non-hydrogen) atoms. The van der Waals surface area contributed by atoms with Crippen molar-refractivity contribution in [3.8, 4) is 11.1 Å². The van der Waals surface area contributed by atoms with Crippen molar-refractivity contribution < 1.29 is 32.3 Å². The Morgan fingerprint density at radius 2 is 1.82 bits per heavy atom. The van der Waals surface area contributed by atoms with E-state index in [0.717, 1.165) is 18.2 Å². The van der Waals surface area contributed by atoms with E-state index in [1.165, 1.54) is 24.3 Å². The molecule has 0 radical (unpaired) electrons. The summed E-state index contributed by atoms with van der Waals surface area (Å²) in [6.07, 6.45) is -2.97. The summed E-state index contributed by atoms with van der Waals surface area (Å²) in [6, 6.07) is 14.2. The minimum absolute atomic E-state index is 0.0828. The largest absolute Gasteiger partial charge is 0.478 e. The van der Waals surface area contributed by atoms with Gasteiger partial charge in [0, 0.05) is 28.1 Å². The highest BCUT2D eigenvalue weighted by molar-refractivity contribution is 6.32. The molecule has 0 bridgehead atoms. The number of alkyl halides is 3. The average Bonchev–Trinajstić information content (AvgIpc) is 2.84. The second-order valence-electron chi connectivity index (χ2n) is 8.41. The molecule has 1 amide bonds. The first-order chi connectivity index (χ1) is 17.9. The second kappa shape index (κ2) is 10.5. The van der Waals surface area contributed by atoms with E-state index in [9.17, 15) is 27.6 Å². The molecule has 0 saturated heterocycles. The molecule has 6 nitrogen and oxygen atoms in total. The zero-order valence-corrected chi connectivity index (χ0v) is 20.5. The van der Waals surface area contributed by atoms with Crippen molar-refractivity contribution in [3.05, 3.63) is 104 Å². The topological polar surface area (TPSA) is 96.6 Å². The van der Waals surface area contributed by atoms with Crippen LogP contribution in [0, 0.1) is 6.92 Å². The summed E-state index contributed by atoms with van der Waals surface area (Å²) in [4.78, 5) is 37.0. The van der Waals surface area contributed by atoms with Crippen LogP contribution < -0.4 is 10.9 Å². The number of nitrogens with one attached hydrogen (secondary N) is 1. The number of anilines is 1. The van der Waals surface area contributed by atoms with Crippen molar-refractivity contribution in [2.75, 3.05) is 5.32 Å². The summed E-state index contributed by atoms with van der Waals surface area (Å²) in [7, 11) is 0. The number of para-hydroxylation sites is 1. The number of aryl methyl sites for hydroxylation is 1. The molecule has 0 aliphatic rings. The number of hydrogen-bond acceptors (Lipinski definition) is 4. The molecule has 0 spiro atoms. The molecule has 10 heteroatoms. The van der Waals surface area contributed by atoms with Crippen LogP contribution in [0.2, 0.25) is 5.02 Å². The Balaban J connectivity index is 1.85. The zero-order chi connectivity index (χ0) is 27.6. The molecule has 0 saturated carbocycles. The summed E-state index contributed by atoms with van der Waals surface area (Å²) in [6.45, 7) is 1.74. The van der Waals surface area contributed by atoms with Crippen molar-refractivity contribution in [1.29, 1.82) is 0 Å². The number of fused-ring (bicyclic) bond motifs is 1. The molecular weight excluding hydrogens is 523 g/mol. The fourth-order valence-corrected chi connectivity index (χ4v) is 4.17. The number of carboxylic acids is 1. The summed E-state index contributed by atoms with van der Waals surface area (Å²) < 4.78 is 45.6. The van der Waals surface area contributed by atoms with Gasteiger partial charge in [0.25, 0.3) is 0 Å². The number of halogens is 4. The first-order valence-corrected chi connectivity index (χ1v) is 11.5. The predicted octanol–water partition coefficient (Wildman–Crippen LogP) is 6.72. The lowest BCUT2D eigenvalue weighted by Gasteiger charge is -2.15.